The Kier molecular flexibility index (Phi) is 6.46. The monoisotopic (exact) mass is 345 g/mol. The van der Waals surface area contributed by atoms with Crippen molar-refractivity contribution in [1.29, 1.82) is 0 Å². The lowest BCUT2D eigenvalue weighted by Crippen LogP contribution is -2.38. The van der Waals surface area contributed by atoms with Crippen LogP contribution in [-0.4, -0.2) is 29.3 Å². The van der Waals surface area contributed by atoms with Crippen LogP contribution < -0.4 is 4.74 Å². The van der Waals surface area contributed by atoms with Gasteiger partial charge in [-0.15, -0.1) is 0 Å². The second-order valence-electron chi connectivity index (χ2n) is 4.97. The highest BCUT2D eigenvalue weighted by Crippen LogP contribution is 2.20. The highest BCUT2D eigenvalue weighted by molar-refractivity contribution is 9.10. The van der Waals surface area contributed by atoms with Crippen molar-refractivity contribution in [3.05, 3.63) is 29.6 Å². The fourth-order valence-electron chi connectivity index (χ4n) is 1.83. The molecule has 0 heterocycles. The molecule has 0 aromatic heterocycles. The smallest absolute Gasteiger partial charge is 0.236 e. The highest BCUT2D eigenvalue weighted by Gasteiger charge is 2.23. The Morgan fingerprint density at radius 3 is 2.55 bits per heavy atom. The summed E-state index contributed by atoms with van der Waals surface area (Å²) in [4.78, 5) is 13.8. The van der Waals surface area contributed by atoms with Gasteiger partial charge in [0.25, 0.3) is 0 Å². The maximum absolute atomic E-state index is 13.7. The van der Waals surface area contributed by atoms with Crippen molar-refractivity contribution in [2.45, 2.75) is 32.1 Å². The van der Waals surface area contributed by atoms with Crippen molar-refractivity contribution >= 4 is 21.8 Å². The van der Waals surface area contributed by atoms with E-state index < -0.39 is 5.82 Å². The third-order valence-electron chi connectivity index (χ3n) is 3.10. The van der Waals surface area contributed by atoms with Gasteiger partial charge in [-0.05, 0) is 30.5 Å². The molecule has 20 heavy (non-hydrogen) atoms. The number of rotatable bonds is 6. The number of benzene rings is 1. The van der Waals surface area contributed by atoms with E-state index in [1.54, 1.807) is 17.0 Å². The van der Waals surface area contributed by atoms with E-state index in [1.807, 2.05) is 20.8 Å². The molecule has 3 nitrogen and oxygen atoms in total. The van der Waals surface area contributed by atoms with Crippen molar-refractivity contribution in [1.82, 2.24) is 4.90 Å². The summed E-state index contributed by atoms with van der Waals surface area (Å²) in [6, 6.07) is 4.76. The molecule has 0 spiro atoms. The molecular weight excluding hydrogens is 325 g/mol. The molecule has 1 aromatic carbocycles. The van der Waals surface area contributed by atoms with Gasteiger partial charge in [0.2, 0.25) is 5.91 Å². The molecule has 0 aliphatic rings. The number of ether oxygens (including phenoxy) is 1. The van der Waals surface area contributed by atoms with Gasteiger partial charge < -0.3 is 9.64 Å². The van der Waals surface area contributed by atoms with E-state index in [1.165, 1.54) is 13.2 Å². The minimum absolute atomic E-state index is 0.0266. The minimum atomic E-state index is -0.409. The van der Waals surface area contributed by atoms with E-state index >= 15 is 0 Å². The summed E-state index contributed by atoms with van der Waals surface area (Å²) in [6.45, 7) is 6.86. The summed E-state index contributed by atoms with van der Waals surface area (Å²) in [6.07, 6.45) is 0. The molecule has 1 amide bonds. The molecule has 0 fully saturated rings. The minimum Gasteiger partial charge on any atom is -0.494 e. The van der Waals surface area contributed by atoms with E-state index in [4.69, 9.17) is 4.74 Å². The van der Waals surface area contributed by atoms with Crippen LogP contribution in [0.25, 0.3) is 0 Å². The molecule has 0 N–H and O–H groups in total. The van der Waals surface area contributed by atoms with Gasteiger partial charge in [0.05, 0.1) is 11.9 Å². The molecule has 0 saturated carbocycles. The molecule has 1 atom stereocenters. The average molecular weight is 346 g/mol. The third kappa shape index (κ3) is 4.20. The number of halogens is 2. The van der Waals surface area contributed by atoms with Crippen LogP contribution >= 0.6 is 15.9 Å². The van der Waals surface area contributed by atoms with Crippen molar-refractivity contribution in [2.24, 2.45) is 5.92 Å². The maximum atomic E-state index is 13.7. The zero-order valence-corrected chi connectivity index (χ0v) is 13.9. The molecule has 1 rings (SSSR count). The van der Waals surface area contributed by atoms with Gasteiger partial charge in [-0.25, -0.2) is 4.39 Å². The van der Waals surface area contributed by atoms with Crippen LogP contribution in [0.2, 0.25) is 0 Å². The van der Waals surface area contributed by atoms with E-state index in [-0.39, 0.29) is 22.4 Å². The lowest BCUT2D eigenvalue weighted by Gasteiger charge is -2.25. The summed E-state index contributed by atoms with van der Waals surface area (Å²) in [5.74, 6) is 0.0410. The standard InChI is InChI=1S/C15H21BrFNO2/c1-5-18(15(19)14(16)10(2)3)9-11-6-7-13(20-4)12(17)8-11/h6-8,10,14H,5,9H2,1-4H3. The first-order chi connectivity index (χ1) is 9.40. The SMILES string of the molecule is CCN(Cc1ccc(OC)c(F)c1)C(=O)C(Br)C(C)C. The summed E-state index contributed by atoms with van der Waals surface area (Å²) >= 11 is 3.41. The Morgan fingerprint density at radius 1 is 1.45 bits per heavy atom. The van der Waals surface area contributed by atoms with Gasteiger partial charge in [0.15, 0.2) is 11.6 Å². The second kappa shape index (κ2) is 7.62. The van der Waals surface area contributed by atoms with Gasteiger partial charge in [-0.1, -0.05) is 35.8 Å². The zero-order valence-electron chi connectivity index (χ0n) is 12.3. The summed E-state index contributed by atoms with van der Waals surface area (Å²) < 4.78 is 18.5. The summed E-state index contributed by atoms with van der Waals surface area (Å²) in [5.41, 5.74) is 0.752. The predicted molar refractivity (Wildman–Crippen MR) is 81.6 cm³/mol. The van der Waals surface area contributed by atoms with Crippen LogP contribution in [0.15, 0.2) is 18.2 Å². The molecule has 1 unspecified atom stereocenters. The Hall–Kier alpha value is -1.10. The topological polar surface area (TPSA) is 29.5 Å². The average Bonchev–Trinajstić information content (AvgIpc) is 2.43. The quantitative estimate of drug-likeness (QED) is 0.737. The fourth-order valence-corrected chi connectivity index (χ4v) is 2.12. The molecule has 5 heteroatoms. The normalized spacial score (nSPS) is 12.3. The van der Waals surface area contributed by atoms with Gasteiger partial charge in [0, 0.05) is 13.1 Å². The second-order valence-corrected chi connectivity index (χ2v) is 5.95. The van der Waals surface area contributed by atoms with Crippen molar-refractivity contribution < 1.29 is 13.9 Å². The molecule has 0 radical (unpaired) electrons. The van der Waals surface area contributed by atoms with Gasteiger partial charge in [-0.3, -0.25) is 4.79 Å². The van der Waals surface area contributed by atoms with Crippen LogP contribution in [-0.2, 0) is 11.3 Å². The molecule has 1 aromatic rings. The van der Waals surface area contributed by atoms with Crippen molar-refractivity contribution in [2.75, 3.05) is 13.7 Å². The molecule has 0 bridgehead atoms. The zero-order chi connectivity index (χ0) is 15.3. The maximum Gasteiger partial charge on any atom is 0.236 e. The third-order valence-corrected chi connectivity index (χ3v) is 4.55. The number of carbonyl (C=O) groups excluding carboxylic acids is 1. The van der Waals surface area contributed by atoms with E-state index in [2.05, 4.69) is 15.9 Å². The van der Waals surface area contributed by atoms with Crippen molar-refractivity contribution in [3.8, 4) is 5.75 Å². The van der Waals surface area contributed by atoms with E-state index in [0.29, 0.717) is 13.1 Å². The Bertz CT molecular complexity index is 465. The number of methoxy groups -OCH3 is 1. The first-order valence-corrected chi connectivity index (χ1v) is 7.57. The van der Waals surface area contributed by atoms with Crippen LogP contribution in [0.4, 0.5) is 4.39 Å². The molecular formula is C15H21BrFNO2. The lowest BCUT2D eigenvalue weighted by molar-refractivity contribution is -0.131. The predicted octanol–water partition coefficient (Wildman–Crippen LogP) is 3.60. The van der Waals surface area contributed by atoms with Gasteiger partial charge >= 0.3 is 0 Å². The number of carbonyl (C=O) groups is 1. The van der Waals surface area contributed by atoms with Crippen LogP contribution in [0.3, 0.4) is 0 Å². The van der Waals surface area contributed by atoms with Gasteiger partial charge in [0.1, 0.15) is 0 Å². The molecule has 0 saturated heterocycles. The first kappa shape index (κ1) is 17.0. The number of amides is 1. The Labute approximate surface area is 128 Å². The van der Waals surface area contributed by atoms with E-state index in [9.17, 15) is 9.18 Å². The van der Waals surface area contributed by atoms with Crippen LogP contribution in [0.5, 0.6) is 5.75 Å². The largest absolute Gasteiger partial charge is 0.494 e. The summed E-state index contributed by atoms with van der Waals surface area (Å²) in [7, 11) is 1.43. The molecule has 0 aliphatic heterocycles. The number of hydrogen-bond donors (Lipinski definition) is 0. The number of alkyl halides is 1. The molecule has 0 aliphatic carbocycles. The fraction of sp³-hybridized carbons (Fsp3) is 0.533. The number of nitrogens with zero attached hydrogens (tertiary/aromatic N) is 1. The van der Waals surface area contributed by atoms with Crippen molar-refractivity contribution in [3.63, 3.8) is 0 Å². The number of hydrogen-bond acceptors (Lipinski definition) is 2. The Balaban J connectivity index is 2.83. The van der Waals surface area contributed by atoms with Crippen LogP contribution in [0.1, 0.15) is 26.3 Å². The van der Waals surface area contributed by atoms with Gasteiger partial charge in [-0.2, -0.15) is 0 Å². The Morgan fingerprint density at radius 2 is 2.10 bits per heavy atom. The summed E-state index contributed by atoms with van der Waals surface area (Å²) in [5, 5.41) is 0. The molecule has 112 valence electrons. The van der Waals surface area contributed by atoms with Crippen LogP contribution in [0, 0.1) is 11.7 Å². The van der Waals surface area contributed by atoms with E-state index in [0.717, 1.165) is 5.56 Å². The first-order valence-electron chi connectivity index (χ1n) is 6.66. The lowest BCUT2D eigenvalue weighted by atomic mass is 10.1. The highest BCUT2D eigenvalue weighted by atomic mass is 79.9.